The molecule has 0 saturated carbocycles. The molecule has 0 bridgehead atoms. The minimum atomic E-state index is -0.998. The maximum Gasteiger partial charge on any atom is 0.345 e. The second-order valence-electron chi connectivity index (χ2n) is 7.78. The van der Waals surface area contributed by atoms with Crippen LogP contribution < -0.4 is 15.5 Å². The quantitative estimate of drug-likeness (QED) is 0.0978. The summed E-state index contributed by atoms with van der Waals surface area (Å²) in [5.41, 5.74) is 3.75. The van der Waals surface area contributed by atoms with E-state index in [1.54, 1.807) is 49.4 Å². The van der Waals surface area contributed by atoms with Crippen molar-refractivity contribution in [3.63, 3.8) is 0 Å². The molecule has 2 amide bonds. The molecule has 4 aromatic carbocycles. The number of carbonyl (C=O) groups excluding carboxylic acids is 3. The van der Waals surface area contributed by atoms with Crippen molar-refractivity contribution in [3.8, 4) is 5.75 Å². The third-order valence-electron chi connectivity index (χ3n) is 5.37. The molecule has 4 rings (SSSR count). The van der Waals surface area contributed by atoms with E-state index in [-0.39, 0.29) is 16.3 Å². The van der Waals surface area contributed by atoms with Crippen LogP contribution in [0.4, 0.5) is 5.69 Å². The van der Waals surface area contributed by atoms with Gasteiger partial charge in [0.2, 0.25) is 0 Å². The Morgan fingerprint density at radius 1 is 0.865 bits per heavy atom. The predicted molar refractivity (Wildman–Crippen MR) is 146 cm³/mol. The van der Waals surface area contributed by atoms with Crippen LogP contribution in [-0.2, 0) is 9.59 Å². The fraction of sp³-hybridized carbons (Fsp3) is 0.0370. The largest absolute Gasteiger partial charge is 0.422 e. The van der Waals surface area contributed by atoms with Gasteiger partial charge in [0.05, 0.1) is 16.8 Å². The Kier molecular flexibility index (Phi) is 8.08. The average Bonchev–Trinajstić information content (AvgIpc) is 2.87. The molecule has 2 N–H and O–H groups in total. The number of amides is 2. The summed E-state index contributed by atoms with van der Waals surface area (Å²) >= 11 is 18.1. The van der Waals surface area contributed by atoms with Gasteiger partial charge in [-0.15, -0.1) is 0 Å². The van der Waals surface area contributed by atoms with Crippen molar-refractivity contribution < 1.29 is 19.1 Å². The monoisotopic (exact) mass is 553 g/mol. The van der Waals surface area contributed by atoms with E-state index in [0.717, 1.165) is 5.39 Å². The second kappa shape index (κ2) is 11.4. The molecule has 0 atom stereocenters. The summed E-state index contributed by atoms with van der Waals surface area (Å²) in [5.74, 6) is -2.45. The Morgan fingerprint density at radius 2 is 1.65 bits per heavy atom. The lowest BCUT2D eigenvalue weighted by Crippen LogP contribution is -2.32. The molecular formula is C27H18Cl3N3O4. The molecule has 7 nitrogen and oxygen atoms in total. The summed E-state index contributed by atoms with van der Waals surface area (Å²) in [6.07, 6.45) is 1.30. The molecule has 0 saturated heterocycles. The van der Waals surface area contributed by atoms with Gasteiger partial charge in [0, 0.05) is 21.3 Å². The number of hydrogen-bond acceptors (Lipinski definition) is 5. The SMILES string of the molecule is Cc1c(Cl)cccc1NC(=O)C(=O)N/N=C\c1c(OC(=O)c2ccc(Cl)cc2Cl)ccc2ccccc12. The van der Waals surface area contributed by atoms with Gasteiger partial charge < -0.3 is 10.1 Å². The smallest absolute Gasteiger partial charge is 0.345 e. The van der Waals surface area contributed by atoms with Crippen molar-refractivity contribution in [1.82, 2.24) is 5.43 Å². The summed E-state index contributed by atoms with van der Waals surface area (Å²) in [4.78, 5) is 37.5. The first-order chi connectivity index (χ1) is 17.7. The van der Waals surface area contributed by atoms with Gasteiger partial charge in [-0.1, -0.05) is 71.2 Å². The minimum Gasteiger partial charge on any atom is -0.422 e. The number of hydrazone groups is 1. The van der Waals surface area contributed by atoms with Gasteiger partial charge in [0.15, 0.2) is 0 Å². The number of nitrogens with zero attached hydrogens (tertiary/aromatic N) is 1. The number of halogens is 3. The lowest BCUT2D eigenvalue weighted by atomic mass is 10.0. The molecule has 37 heavy (non-hydrogen) atoms. The van der Waals surface area contributed by atoms with Crippen LogP contribution in [0.5, 0.6) is 5.75 Å². The second-order valence-corrected chi connectivity index (χ2v) is 9.03. The lowest BCUT2D eigenvalue weighted by Gasteiger charge is -2.11. The number of rotatable bonds is 5. The van der Waals surface area contributed by atoms with E-state index in [1.807, 2.05) is 12.1 Å². The zero-order valence-corrected chi connectivity index (χ0v) is 21.5. The van der Waals surface area contributed by atoms with Crippen LogP contribution in [0.2, 0.25) is 15.1 Å². The summed E-state index contributed by atoms with van der Waals surface area (Å²) in [5, 5.41) is 8.93. The number of fused-ring (bicyclic) bond motifs is 1. The van der Waals surface area contributed by atoms with Gasteiger partial charge in [-0.25, -0.2) is 10.2 Å². The number of benzene rings is 4. The van der Waals surface area contributed by atoms with E-state index < -0.39 is 17.8 Å². The topological polar surface area (TPSA) is 96.9 Å². The van der Waals surface area contributed by atoms with Gasteiger partial charge in [-0.2, -0.15) is 5.10 Å². The van der Waals surface area contributed by atoms with Gasteiger partial charge in [-0.3, -0.25) is 9.59 Å². The third-order valence-corrected chi connectivity index (χ3v) is 6.32. The average molecular weight is 555 g/mol. The molecule has 186 valence electrons. The Balaban J connectivity index is 1.56. The molecule has 0 unspecified atom stereocenters. The van der Waals surface area contributed by atoms with E-state index >= 15 is 0 Å². The minimum absolute atomic E-state index is 0.128. The number of nitrogens with one attached hydrogen (secondary N) is 2. The van der Waals surface area contributed by atoms with Crippen molar-refractivity contribution in [2.24, 2.45) is 5.10 Å². The Morgan fingerprint density at radius 3 is 2.43 bits per heavy atom. The Hall–Kier alpha value is -3.91. The van der Waals surface area contributed by atoms with Crippen molar-refractivity contribution >= 4 is 75.3 Å². The van der Waals surface area contributed by atoms with Crippen molar-refractivity contribution in [2.75, 3.05) is 5.32 Å². The van der Waals surface area contributed by atoms with Gasteiger partial charge in [0.25, 0.3) is 0 Å². The first-order valence-electron chi connectivity index (χ1n) is 10.8. The van der Waals surface area contributed by atoms with Gasteiger partial charge in [-0.05, 0) is 59.7 Å². The predicted octanol–water partition coefficient (Wildman–Crippen LogP) is 6.42. The van der Waals surface area contributed by atoms with Crippen LogP contribution in [0.15, 0.2) is 77.9 Å². The normalized spacial score (nSPS) is 10.9. The first kappa shape index (κ1) is 26.2. The highest BCUT2D eigenvalue weighted by atomic mass is 35.5. The Bertz CT molecular complexity index is 1570. The summed E-state index contributed by atoms with van der Waals surface area (Å²) in [6, 6.07) is 20.1. The van der Waals surface area contributed by atoms with Crippen LogP contribution in [-0.4, -0.2) is 24.0 Å². The third kappa shape index (κ3) is 6.09. The maximum atomic E-state index is 12.8. The van der Waals surface area contributed by atoms with E-state index in [9.17, 15) is 14.4 Å². The zero-order valence-electron chi connectivity index (χ0n) is 19.2. The molecular weight excluding hydrogens is 537 g/mol. The molecule has 0 heterocycles. The highest BCUT2D eigenvalue weighted by Crippen LogP contribution is 2.29. The lowest BCUT2D eigenvalue weighted by molar-refractivity contribution is -0.136. The van der Waals surface area contributed by atoms with E-state index in [2.05, 4.69) is 15.8 Å². The Labute approximate surface area is 227 Å². The van der Waals surface area contributed by atoms with Crippen molar-refractivity contribution in [2.45, 2.75) is 6.92 Å². The molecule has 0 aliphatic rings. The number of anilines is 1. The molecule has 0 aromatic heterocycles. The fourth-order valence-electron chi connectivity index (χ4n) is 3.44. The molecule has 0 radical (unpaired) electrons. The van der Waals surface area contributed by atoms with Gasteiger partial charge >= 0.3 is 17.8 Å². The number of hydrogen-bond donors (Lipinski definition) is 2. The number of carbonyl (C=O) groups is 3. The fourth-order valence-corrected chi connectivity index (χ4v) is 4.10. The van der Waals surface area contributed by atoms with Gasteiger partial charge in [0.1, 0.15) is 5.75 Å². The van der Waals surface area contributed by atoms with Crippen LogP contribution in [0, 0.1) is 6.92 Å². The van der Waals surface area contributed by atoms with E-state index in [4.69, 9.17) is 39.5 Å². The van der Waals surface area contributed by atoms with Crippen molar-refractivity contribution in [1.29, 1.82) is 0 Å². The highest BCUT2D eigenvalue weighted by molar-refractivity contribution is 6.40. The van der Waals surface area contributed by atoms with Crippen LogP contribution in [0.25, 0.3) is 10.8 Å². The van der Waals surface area contributed by atoms with E-state index in [1.165, 1.54) is 24.4 Å². The molecule has 0 aliphatic carbocycles. The summed E-state index contributed by atoms with van der Waals surface area (Å²) in [6.45, 7) is 1.72. The molecule has 10 heteroatoms. The van der Waals surface area contributed by atoms with Crippen LogP contribution in [0.1, 0.15) is 21.5 Å². The molecule has 4 aromatic rings. The first-order valence-corrected chi connectivity index (χ1v) is 12.0. The zero-order chi connectivity index (χ0) is 26.5. The van der Waals surface area contributed by atoms with Crippen LogP contribution >= 0.6 is 34.8 Å². The summed E-state index contributed by atoms with van der Waals surface area (Å²) < 4.78 is 5.61. The van der Waals surface area contributed by atoms with E-state index in [0.29, 0.717) is 32.2 Å². The van der Waals surface area contributed by atoms with Crippen LogP contribution in [0.3, 0.4) is 0 Å². The summed E-state index contributed by atoms with van der Waals surface area (Å²) in [7, 11) is 0. The molecule has 0 spiro atoms. The highest BCUT2D eigenvalue weighted by Gasteiger charge is 2.18. The maximum absolute atomic E-state index is 12.8. The number of ether oxygens (including phenoxy) is 1. The number of esters is 1. The standard InChI is InChI=1S/C27H18Cl3N3O4/c1-15-21(29)7-4-8-23(15)32-25(34)26(35)33-31-14-20-18-6-3-2-5-16(18)9-12-24(20)37-27(36)19-11-10-17(28)13-22(19)30/h2-14H,1H3,(H,32,34)(H,33,35)/b31-14-. The molecule has 0 aliphatic heterocycles. The van der Waals surface area contributed by atoms with Crippen molar-refractivity contribution in [3.05, 3.63) is 105 Å². The molecule has 0 fully saturated rings.